The van der Waals surface area contributed by atoms with Crippen LogP contribution in [0.25, 0.3) is 33.6 Å². The molecule has 6 heteroatoms. The van der Waals surface area contributed by atoms with Crippen molar-refractivity contribution < 1.29 is 4.79 Å². The summed E-state index contributed by atoms with van der Waals surface area (Å²) in [6.07, 6.45) is 3.51. The molecule has 0 aliphatic heterocycles. The number of carbonyl (C=O) groups is 1. The number of amides is 1. The Labute approximate surface area is 177 Å². The van der Waals surface area contributed by atoms with Crippen LogP contribution >= 0.6 is 28.3 Å². The molecule has 1 amide bonds. The van der Waals surface area contributed by atoms with E-state index in [1.54, 1.807) is 18.5 Å². The second-order valence-electron chi connectivity index (χ2n) is 6.13. The Morgan fingerprint density at radius 2 is 1.64 bits per heavy atom. The monoisotopic (exact) mass is 453 g/mol. The quantitative estimate of drug-likeness (QED) is 0.415. The minimum Gasteiger partial charge on any atom is -0.366 e. The van der Waals surface area contributed by atoms with Crippen LogP contribution in [0, 0.1) is 0 Å². The molecule has 0 spiro atoms. The largest absolute Gasteiger partial charge is 0.366 e. The highest BCUT2D eigenvalue weighted by atomic mass is 79.9. The van der Waals surface area contributed by atoms with E-state index in [1.165, 1.54) is 0 Å². The number of hydrogen-bond acceptors (Lipinski definition) is 2. The van der Waals surface area contributed by atoms with Crippen molar-refractivity contribution in [3.8, 4) is 33.6 Å². The van der Waals surface area contributed by atoms with E-state index in [4.69, 9.17) is 5.73 Å². The average molecular weight is 455 g/mol. The van der Waals surface area contributed by atoms with E-state index in [0.29, 0.717) is 5.56 Å². The third-order valence-corrected chi connectivity index (χ3v) is 4.90. The highest BCUT2D eigenvalue weighted by Gasteiger charge is 2.17. The topological polar surface area (TPSA) is 71.8 Å². The summed E-state index contributed by atoms with van der Waals surface area (Å²) in [6, 6.07) is 21.4. The third kappa shape index (κ3) is 3.86. The number of benzene rings is 2. The molecule has 4 nitrogen and oxygen atoms in total. The lowest BCUT2D eigenvalue weighted by atomic mass is 9.96. The number of H-pyrrole nitrogens is 1. The van der Waals surface area contributed by atoms with Gasteiger partial charge in [0.05, 0.1) is 5.69 Å². The van der Waals surface area contributed by atoms with Crippen LogP contribution in [-0.2, 0) is 0 Å². The molecule has 140 valence electrons. The zero-order valence-corrected chi connectivity index (χ0v) is 17.1. The Hall–Kier alpha value is -2.89. The maximum absolute atomic E-state index is 12.0. The maximum atomic E-state index is 12.0. The van der Waals surface area contributed by atoms with Gasteiger partial charge in [0.15, 0.2) is 0 Å². The Bertz CT molecular complexity index is 1130. The predicted octanol–water partition coefficient (Wildman–Crippen LogP) is 5.69. The summed E-state index contributed by atoms with van der Waals surface area (Å²) < 4.78 is 0.981. The molecule has 0 bridgehead atoms. The normalized spacial score (nSPS) is 10.3. The summed E-state index contributed by atoms with van der Waals surface area (Å²) in [4.78, 5) is 19.6. The van der Waals surface area contributed by atoms with Gasteiger partial charge in [-0.25, -0.2) is 0 Å². The van der Waals surface area contributed by atoms with E-state index in [-0.39, 0.29) is 12.4 Å². The number of nitrogens with two attached hydrogens (primary N) is 1. The summed E-state index contributed by atoms with van der Waals surface area (Å²) in [5, 5.41) is 0. The Kier molecular flexibility index (Phi) is 5.97. The average Bonchev–Trinajstić information content (AvgIpc) is 3.14. The van der Waals surface area contributed by atoms with Crippen molar-refractivity contribution in [3.63, 3.8) is 0 Å². The van der Waals surface area contributed by atoms with Crippen molar-refractivity contribution in [1.29, 1.82) is 0 Å². The zero-order valence-electron chi connectivity index (χ0n) is 14.7. The maximum Gasteiger partial charge on any atom is 0.249 e. The fraction of sp³-hybridized carbons (Fsp3) is 0. The number of nitrogens with one attached hydrogen (secondary N) is 1. The first kappa shape index (κ1) is 19.9. The fourth-order valence-electron chi connectivity index (χ4n) is 3.16. The molecule has 2 aromatic heterocycles. The van der Waals surface area contributed by atoms with E-state index in [2.05, 4.69) is 25.9 Å². The number of carbonyl (C=O) groups excluding carboxylic acids is 1. The fourth-order valence-corrected chi connectivity index (χ4v) is 3.56. The van der Waals surface area contributed by atoms with Gasteiger partial charge in [0.25, 0.3) is 0 Å². The van der Waals surface area contributed by atoms with E-state index in [1.807, 2.05) is 60.7 Å². The van der Waals surface area contributed by atoms with Crippen molar-refractivity contribution in [2.24, 2.45) is 5.73 Å². The summed E-state index contributed by atoms with van der Waals surface area (Å²) in [6.45, 7) is 0. The van der Waals surface area contributed by atoms with Crippen molar-refractivity contribution in [2.45, 2.75) is 0 Å². The molecule has 0 unspecified atom stereocenters. The zero-order chi connectivity index (χ0) is 18.8. The van der Waals surface area contributed by atoms with E-state index < -0.39 is 5.91 Å². The van der Waals surface area contributed by atoms with Gasteiger partial charge in [-0.1, -0.05) is 46.3 Å². The lowest BCUT2D eigenvalue weighted by Gasteiger charge is -2.08. The van der Waals surface area contributed by atoms with E-state index in [9.17, 15) is 4.79 Å². The second-order valence-corrected chi connectivity index (χ2v) is 7.04. The van der Waals surface area contributed by atoms with Gasteiger partial charge in [-0.15, -0.1) is 12.4 Å². The van der Waals surface area contributed by atoms with Gasteiger partial charge in [-0.3, -0.25) is 9.78 Å². The van der Waals surface area contributed by atoms with Crippen LogP contribution in [0.2, 0.25) is 0 Å². The molecule has 0 saturated carbocycles. The van der Waals surface area contributed by atoms with Crippen LogP contribution in [0.5, 0.6) is 0 Å². The van der Waals surface area contributed by atoms with Crippen LogP contribution in [0.15, 0.2) is 83.6 Å². The number of pyridine rings is 1. The number of nitrogens with zero attached hydrogens (tertiary/aromatic N) is 1. The smallest absolute Gasteiger partial charge is 0.249 e. The molecular weight excluding hydrogens is 438 g/mol. The third-order valence-electron chi connectivity index (χ3n) is 4.40. The number of aromatic nitrogens is 2. The number of hydrogen-bond donors (Lipinski definition) is 2. The molecule has 2 heterocycles. The highest BCUT2D eigenvalue weighted by molar-refractivity contribution is 9.10. The van der Waals surface area contributed by atoms with Crippen LogP contribution in [-0.4, -0.2) is 15.9 Å². The minimum absolute atomic E-state index is 0. The summed E-state index contributed by atoms with van der Waals surface area (Å²) in [7, 11) is 0. The van der Waals surface area contributed by atoms with Crippen molar-refractivity contribution in [3.05, 3.63) is 89.2 Å². The molecule has 0 aliphatic carbocycles. The van der Waals surface area contributed by atoms with Crippen molar-refractivity contribution in [1.82, 2.24) is 9.97 Å². The summed E-state index contributed by atoms with van der Waals surface area (Å²) >= 11 is 3.53. The number of primary amides is 1. The Balaban J connectivity index is 0.00000225. The molecule has 2 aromatic carbocycles. The lowest BCUT2D eigenvalue weighted by Crippen LogP contribution is -2.12. The first-order chi connectivity index (χ1) is 13.1. The van der Waals surface area contributed by atoms with Crippen LogP contribution in [0.3, 0.4) is 0 Å². The Morgan fingerprint density at radius 3 is 2.36 bits per heavy atom. The SMILES string of the molecule is Cl.NC(=O)c1ccccc1-c1cc(-c2ccncc2)[nH]c1-c1cccc(Br)c1. The van der Waals surface area contributed by atoms with Crippen LogP contribution < -0.4 is 5.73 Å². The predicted molar refractivity (Wildman–Crippen MR) is 118 cm³/mol. The van der Waals surface area contributed by atoms with Gasteiger partial charge in [-0.2, -0.15) is 0 Å². The minimum atomic E-state index is -0.447. The molecule has 3 N–H and O–H groups in total. The molecule has 0 fully saturated rings. The summed E-state index contributed by atoms with van der Waals surface area (Å²) in [5.74, 6) is -0.447. The van der Waals surface area contributed by atoms with Gasteiger partial charge in [0.2, 0.25) is 5.91 Å². The lowest BCUT2D eigenvalue weighted by molar-refractivity contribution is 0.100. The number of halogens is 2. The molecular formula is C22H17BrClN3O. The van der Waals surface area contributed by atoms with Crippen LogP contribution in [0.1, 0.15) is 10.4 Å². The second kappa shape index (κ2) is 8.42. The molecule has 4 rings (SSSR count). The van der Waals surface area contributed by atoms with Gasteiger partial charge in [0.1, 0.15) is 0 Å². The molecule has 0 radical (unpaired) electrons. The molecule has 0 atom stereocenters. The van der Waals surface area contributed by atoms with E-state index >= 15 is 0 Å². The van der Waals surface area contributed by atoms with Crippen LogP contribution in [0.4, 0.5) is 0 Å². The van der Waals surface area contributed by atoms with Crippen molar-refractivity contribution >= 4 is 34.2 Å². The first-order valence-electron chi connectivity index (χ1n) is 8.42. The van der Waals surface area contributed by atoms with Gasteiger partial charge in [-0.05, 0) is 47.5 Å². The standard InChI is InChI=1S/C22H16BrN3O.ClH/c23-16-5-3-4-15(12-16)21-19(17-6-1-2-7-18(17)22(24)27)13-20(26-21)14-8-10-25-11-9-14;/h1-13,26H,(H2,24,27);1H. The van der Waals surface area contributed by atoms with E-state index in [0.717, 1.165) is 38.1 Å². The van der Waals surface area contributed by atoms with Gasteiger partial charge >= 0.3 is 0 Å². The number of aromatic amines is 1. The number of rotatable bonds is 4. The van der Waals surface area contributed by atoms with Crippen molar-refractivity contribution in [2.75, 3.05) is 0 Å². The summed E-state index contributed by atoms with van der Waals surface area (Å²) in [5.41, 5.74) is 11.7. The molecule has 28 heavy (non-hydrogen) atoms. The highest BCUT2D eigenvalue weighted by Crippen LogP contribution is 2.37. The Morgan fingerprint density at radius 1 is 0.893 bits per heavy atom. The van der Waals surface area contributed by atoms with Gasteiger partial charge < -0.3 is 10.7 Å². The molecule has 0 aliphatic rings. The molecule has 4 aromatic rings. The van der Waals surface area contributed by atoms with Gasteiger partial charge in [0, 0.05) is 39.3 Å². The first-order valence-corrected chi connectivity index (χ1v) is 9.21. The molecule has 0 saturated heterocycles.